The van der Waals surface area contributed by atoms with Crippen molar-refractivity contribution in [3.05, 3.63) is 24.0 Å². The molecule has 20 heavy (non-hydrogen) atoms. The van der Waals surface area contributed by atoms with E-state index in [1.807, 2.05) is 19.1 Å². The van der Waals surface area contributed by atoms with Gasteiger partial charge in [0.15, 0.2) is 0 Å². The van der Waals surface area contributed by atoms with Gasteiger partial charge in [0.05, 0.1) is 5.41 Å². The minimum atomic E-state index is -0.718. The maximum absolute atomic E-state index is 11.7. The molecule has 0 saturated carbocycles. The van der Waals surface area contributed by atoms with Crippen LogP contribution >= 0.6 is 0 Å². The summed E-state index contributed by atoms with van der Waals surface area (Å²) in [6, 6.07) is 3.95. The van der Waals surface area contributed by atoms with Crippen molar-refractivity contribution in [1.29, 1.82) is 0 Å². The summed E-state index contributed by atoms with van der Waals surface area (Å²) >= 11 is 0. The third-order valence-electron chi connectivity index (χ3n) is 4.06. The molecule has 0 aromatic carbocycles. The minimum absolute atomic E-state index is 0.482. The maximum atomic E-state index is 11.7. The van der Waals surface area contributed by atoms with Crippen molar-refractivity contribution in [1.82, 2.24) is 4.98 Å². The van der Waals surface area contributed by atoms with E-state index in [2.05, 4.69) is 9.88 Å². The summed E-state index contributed by atoms with van der Waals surface area (Å²) in [5, 5.41) is 9.64. The van der Waals surface area contributed by atoms with E-state index < -0.39 is 11.4 Å². The van der Waals surface area contributed by atoms with E-state index in [1.54, 1.807) is 13.3 Å². The zero-order valence-electron chi connectivity index (χ0n) is 12.1. The number of ether oxygens (including phenoxy) is 1. The largest absolute Gasteiger partial charge is 0.481 e. The zero-order chi connectivity index (χ0) is 14.6. The van der Waals surface area contributed by atoms with Crippen LogP contribution in [-0.4, -0.2) is 42.9 Å². The van der Waals surface area contributed by atoms with Crippen LogP contribution < -0.4 is 4.90 Å². The molecule has 0 unspecified atom stereocenters. The van der Waals surface area contributed by atoms with E-state index in [-0.39, 0.29) is 0 Å². The van der Waals surface area contributed by atoms with Gasteiger partial charge in [0.1, 0.15) is 0 Å². The molecule has 0 radical (unpaired) electrons. The fourth-order valence-electron chi connectivity index (χ4n) is 2.86. The van der Waals surface area contributed by atoms with Gasteiger partial charge in [-0.15, -0.1) is 0 Å². The molecule has 0 spiro atoms. The van der Waals surface area contributed by atoms with Gasteiger partial charge in [-0.25, -0.2) is 0 Å². The molecule has 1 fully saturated rings. The molecule has 1 aromatic heterocycles. The Hall–Kier alpha value is -1.62. The summed E-state index contributed by atoms with van der Waals surface area (Å²) in [6.45, 7) is 3.86. The van der Waals surface area contributed by atoms with Gasteiger partial charge in [0.25, 0.3) is 0 Å². The van der Waals surface area contributed by atoms with E-state index in [0.717, 1.165) is 24.3 Å². The van der Waals surface area contributed by atoms with Crippen molar-refractivity contribution in [2.75, 3.05) is 31.7 Å². The molecule has 1 aliphatic rings. The highest BCUT2D eigenvalue weighted by Gasteiger charge is 2.42. The summed E-state index contributed by atoms with van der Waals surface area (Å²) in [5.41, 5.74) is 1.30. The number of pyridine rings is 1. The van der Waals surface area contributed by atoms with E-state index in [4.69, 9.17) is 4.74 Å². The molecule has 5 heteroatoms. The Kier molecular flexibility index (Phi) is 4.60. The van der Waals surface area contributed by atoms with Crippen LogP contribution in [0.25, 0.3) is 0 Å². The molecule has 1 aromatic rings. The molecule has 0 aliphatic carbocycles. The Balaban J connectivity index is 2.19. The molecule has 2 heterocycles. The summed E-state index contributed by atoms with van der Waals surface area (Å²) in [4.78, 5) is 18.1. The molecule has 0 amide bonds. The first-order valence-corrected chi connectivity index (χ1v) is 6.97. The number of carboxylic acids is 1. The maximum Gasteiger partial charge on any atom is 0.311 e. The average Bonchev–Trinajstić information content (AvgIpc) is 2.45. The van der Waals surface area contributed by atoms with E-state index in [1.165, 1.54) is 0 Å². The Morgan fingerprint density at radius 3 is 3.05 bits per heavy atom. The molecule has 0 bridgehead atoms. The molecule has 2 rings (SSSR count). The summed E-state index contributed by atoms with van der Waals surface area (Å²) in [5.74, 6) is -0.718. The predicted octanol–water partition coefficient (Wildman–Crippen LogP) is 2.10. The lowest BCUT2D eigenvalue weighted by atomic mass is 9.77. The van der Waals surface area contributed by atoms with Gasteiger partial charge in [-0.2, -0.15) is 0 Å². The first-order chi connectivity index (χ1) is 9.57. The Morgan fingerprint density at radius 1 is 1.60 bits per heavy atom. The van der Waals surface area contributed by atoms with Crippen LogP contribution in [0.2, 0.25) is 0 Å². The monoisotopic (exact) mass is 278 g/mol. The van der Waals surface area contributed by atoms with Crippen molar-refractivity contribution < 1.29 is 14.6 Å². The fraction of sp³-hybridized carbons (Fsp3) is 0.600. The summed E-state index contributed by atoms with van der Waals surface area (Å²) in [7, 11) is 1.61. The van der Waals surface area contributed by atoms with Crippen LogP contribution in [0.5, 0.6) is 0 Å². The number of hydrogen-bond acceptors (Lipinski definition) is 4. The zero-order valence-corrected chi connectivity index (χ0v) is 12.1. The van der Waals surface area contributed by atoms with Crippen molar-refractivity contribution in [2.24, 2.45) is 5.41 Å². The van der Waals surface area contributed by atoms with Crippen LogP contribution in [0.15, 0.2) is 18.3 Å². The normalized spacial score (nSPS) is 22.8. The van der Waals surface area contributed by atoms with Crippen LogP contribution in [-0.2, 0) is 9.53 Å². The fourth-order valence-corrected chi connectivity index (χ4v) is 2.86. The number of aryl methyl sites for hydroxylation is 1. The third-order valence-corrected chi connectivity index (χ3v) is 4.06. The smallest absolute Gasteiger partial charge is 0.311 e. The second-order valence-electron chi connectivity index (χ2n) is 5.51. The van der Waals surface area contributed by atoms with Gasteiger partial charge < -0.3 is 14.7 Å². The second-order valence-corrected chi connectivity index (χ2v) is 5.51. The average molecular weight is 278 g/mol. The third kappa shape index (κ3) is 3.10. The number of carboxylic acid groups (broad SMARTS) is 1. The summed E-state index contributed by atoms with van der Waals surface area (Å²) in [6.07, 6.45) is 3.93. The highest BCUT2D eigenvalue weighted by molar-refractivity contribution is 5.76. The van der Waals surface area contributed by atoms with Crippen LogP contribution in [0.4, 0.5) is 5.69 Å². The molecule has 1 atom stereocenters. The molecular formula is C15H22N2O3. The number of nitrogens with zero attached hydrogens (tertiary/aromatic N) is 2. The molecule has 1 saturated heterocycles. The Morgan fingerprint density at radius 2 is 2.40 bits per heavy atom. The lowest BCUT2D eigenvalue weighted by Crippen LogP contribution is -2.48. The number of aliphatic carboxylic acids is 1. The Bertz CT molecular complexity index is 478. The molecular weight excluding hydrogens is 256 g/mol. The van der Waals surface area contributed by atoms with Crippen LogP contribution in [0.3, 0.4) is 0 Å². The number of anilines is 1. The summed E-state index contributed by atoms with van der Waals surface area (Å²) < 4.78 is 5.09. The SMILES string of the molecule is COCC[C@@]1(C(=O)O)CCCN(c2ccnc(C)c2)C1. The van der Waals surface area contributed by atoms with E-state index in [9.17, 15) is 9.90 Å². The first-order valence-electron chi connectivity index (χ1n) is 6.97. The molecule has 5 nitrogen and oxygen atoms in total. The number of methoxy groups -OCH3 is 1. The number of piperidine rings is 1. The quantitative estimate of drug-likeness (QED) is 0.893. The van der Waals surface area contributed by atoms with E-state index >= 15 is 0 Å². The number of rotatable bonds is 5. The van der Waals surface area contributed by atoms with Crippen LogP contribution in [0, 0.1) is 12.3 Å². The van der Waals surface area contributed by atoms with Crippen LogP contribution in [0.1, 0.15) is 25.0 Å². The van der Waals surface area contributed by atoms with Gasteiger partial charge in [-0.05, 0) is 38.3 Å². The van der Waals surface area contributed by atoms with Crippen molar-refractivity contribution in [2.45, 2.75) is 26.2 Å². The van der Waals surface area contributed by atoms with Gasteiger partial charge in [-0.3, -0.25) is 9.78 Å². The number of hydrogen-bond donors (Lipinski definition) is 1. The minimum Gasteiger partial charge on any atom is -0.481 e. The lowest BCUT2D eigenvalue weighted by molar-refractivity contribution is -0.150. The van der Waals surface area contributed by atoms with Gasteiger partial charge in [0.2, 0.25) is 0 Å². The number of carbonyl (C=O) groups is 1. The number of aromatic nitrogens is 1. The highest BCUT2D eigenvalue weighted by Crippen LogP contribution is 2.36. The molecule has 110 valence electrons. The predicted molar refractivity (Wildman–Crippen MR) is 77.0 cm³/mol. The van der Waals surface area contributed by atoms with Gasteiger partial charge in [-0.1, -0.05) is 0 Å². The standard InChI is InChI=1S/C15H22N2O3/c1-12-10-13(4-7-16-12)17-8-3-5-15(11-17,14(18)19)6-9-20-2/h4,7,10H,3,5-6,8-9,11H2,1-2H3,(H,18,19)/t15-/m0/s1. The van der Waals surface area contributed by atoms with Crippen molar-refractivity contribution in [3.8, 4) is 0 Å². The second kappa shape index (κ2) is 6.22. The first kappa shape index (κ1) is 14.8. The van der Waals surface area contributed by atoms with Crippen molar-refractivity contribution >= 4 is 11.7 Å². The van der Waals surface area contributed by atoms with Crippen molar-refractivity contribution in [3.63, 3.8) is 0 Å². The van der Waals surface area contributed by atoms with Gasteiger partial charge >= 0.3 is 5.97 Å². The van der Waals surface area contributed by atoms with E-state index in [0.29, 0.717) is 26.0 Å². The topological polar surface area (TPSA) is 62.7 Å². The van der Waals surface area contributed by atoms with Gasteiger partial charge in [0, 0.05) is 44.4 Å². The Labute approximate surface area is 119 Å². The molecule has 1 N–H and O–H groups in total. The molecule has 1 aliphatic heterocycles. The highest BCUT2D eigenvalue weighted by atomic mass is 16.5. The lowest BCUT2D eigenvalue weighted by Gasteiger charge is -2.41.